The maximum Gasteiger partial charge on any atom is 0.264 e. The van der Waals surface area contributed by atoms with Gasteiger partial charge >= 0.3 is 0 Å². The Bertz CT molecular complexity index is 1260. The highest BCUT2D eigenvalue weighted by Crippen LogP contribution is 2.41. The molecule has 8 heteroatoms. The zero-order valence-corrected chi connectivity index (χ0v) is 23.8. The lowest BCUT2D eigenvalue weighted by Gasteiger charge is -2.43. The Morgan fingerprint density at radius 1 is 1.00 bits per heavy atom. The molecule has 0 unspecified atom stereocenters. The zero-order chi connectivity index (χ0) is 27.4. The highest BCUT2D eigenvalue weighted by Gasteiger charge is 2.37. The maximum atomic E-state index is 13.3. The molecule has 2 bridgehead atoms. The number of sulfonamides is 1. The van der Waals surface area contributed by atoms with Crippen molar-refractivity contribution in [1.29, 1.82) is 0 Å². The molecule has 39 heavy (non-hydrogen) atoms. The minimum absolute atomic E-state index is 0.252. The summed E-state index contributed by atoms with van der Waals surface area (Å²) < 4.78 is 35.0. The number of benzene rings is 2. The monoisotopic (exact) mass is 554 g/mol. The van der Waals surface area contributed by atoms with Crippen molar-refractivity contribution in [3.63, 3.8) is 0 Å². The van der Waals surface area contributed by atoms with E-state index in [0.717, 1.165) is 62.9 Å². The topological polar surface area (TPSA) is 95.9 Å². The van der Waals surface area contributed by atoms with Crippen molar-refractivity contribution in [2.45, 2.75) is 89.1 Å². The van der Waals surface area contributed by atoms with Crippen LogP contribution in [-0.2, 0) is 23.1 Å². The lowest BCUT2D eigenvalue weighted by Crippen LogP contribution is -2.44. The van der Waals surface area contributed by atoms with Gasteiger partial charge in [0.15, 0.2) is 0 Å². The van der Waals surface area contributed by atoms with Crippen molar-refractivity contribution in [2.75, 3.05) is 18.0 Å². The van der Waals surface area contributed by atoms with Crippen molar-refractivity contribution >= 4 is 21.6 Å². The van der Waals surface area contributed by atoms with Gasteiger partial charge in [-0.3, -0.25) is 4.79 Å². The maximum absolute atomic E-state index is 13.3. The molecule has 1 fully saturated rings. The van der Waals surface area contributed by atoms with Crippen LogP contribution >= 0.6 is 0 Å². The van der Waals surface area contributed by atoms with E-state index in [2.05, 4.69) is 27.8 Å². The second kappa shape index (κ2) is 12.3. The van der Waals surface area contributed by atoms with Crippen LogP contribution in [0.4, 0.5) is 5.69 Å². The van der Waals surface area contributed by atoms with Gasteiger partial charge in [0.25, 0.3) is 5.91 Å². The van der Waals surface area contributed by atoms with Crippen molar-refractivity contribution in [2.24, 2.45) is 11.8 Å². The first kappa shape index (κ1) is 28.0. The number of aliphatic hydroxyl groups is 1. The van der Waals surface area contributed by atoms with Gasteiger partial charge in [0, 0.05) is 18.7 Å². The van der Waals surface area contributed by atoms with Crippen LogP contribution in [0.1, 0.15) is 86.2 Å². The number of aliphatic hydroxyl groups excluding tert-OH is 1. The fraction of sp³-hybridized carbons (Fsp3) is 0.581. The van der Waals surface area contributed by atoms with Gasteiger partial charge in [-0.25, -0.2) is 13.1 Å². The molecule has 1 saturated carbocycles. The van der Waals surface area contributed by atoms with Crippen LogP contribution in [0, 0.1) is 11.8 Å². The number of anilines is 1. The number of nitrogens with one attached hydrogen (secondary N) is 1. The van der Waals surface area contributed by atoms with Crippen molar-refractivity contribution < 1.29 is 23.1 Å². The van der Waals surface area contributed by atoms with Crippen LogP contribution in [0.2, 0.25) is 0 Å². The van der Waals surface area contributed by atoms with E-state index >= 15 is 0 Å². The minimum atomic E-state index is -3.82. The van der Waals surface area contributed by atoms with Crippen LogP contribution < -0.4 is 14.4 Å². The number of aryl methyl sites for hydroxylation is 1. The van der Waals surface area contributed by atoms with E-state index in [9.17, 15) is 18.3 Å². The van der Waals surface area contributed by atoms with Crippen LogP contribution in [0.5, 0.6) is 5.75 Å². The van der Waals surface area contributed by atoms with Crippen LogP contribution in [0.3, 0.4) is 0 Å². The lowest BCUT2D eigenvalue weighted by atomic mass is 9.69. The Kier molecular flexibility index (Phi) is 8.82. The number of hydrogen-bond acceptors (Lipinski definition) is 6. The third kappa shape index (κ3) is 6.43. The summed E-state index contributed by atoms with van der Waals surface area (Å²) in [6, 6.07) is 13.6. The van der Waals surface area contributed by atoms with Gasteiger partial charge in [-0.05, 0) is 92.5 Å². The fourth-order valence-corrected chi connectivity index (χ4v) is 7.91. The molecule has 212 valence electrons. The van der Waals surface area contributed by atoms with E-state index in [0.29, 0.717) is 49.5 Å². The second-order valence-electron chi connectivity index (χ2n) is 11.5. The Labute approximate surface area is 233 Å². The van der Waals surface area contributed by atoms with Gasteiger partial charge in [-0.1, -0.05) is 44.0 Å². The number of hydrogen-bond donors (Lipinski definition) is 2. The van der Waals surface area contributed by atoms with E-state index in [1.807, 2.05) is 13.0 Å². The molecule has 0 spiro atoms. The number of ether oxygens (including phenoxy) is 1. The number of amides is 1. The Morgan fingerprint density at radius 3 is 2.56 bits per heavy atom. The Morgan fingerprint density at radius 2 is 1.79 bits per heavy atom. The number of nitrogens with zero attached hydrogens (tertiary/aromatic N) is 1. The normalized spacial score (nSPS) is 27.9. The minimum Gasteiger partial charge on any atom is -0.487 e. The summed E-state index contributed by atoms with van der Waals surface area (Å²) in [5.74, 6) is 0.723. The van der Waals surface area contributed by atoms with Gasteiger partial charge in [0.1, 0.15) is 12.4 Å². The molecule has 2 aliphatic heterocycles. The van der Waals surface area contributed by atoms with Gasteiger partial charge in [0.05, 0.1) is 17.0 Å². The molecule has 3 aliphatic rings. The average molecular weight is 555 g/mol. The van der Waals surface area contributed by atoms with Gasteiger partial charge < -0.3 is 14.7 Å². The highest BCUT2D eigenvalue weighted by molar-refractivity contribution is 7.90. The quantitative estimate of drug-likeness (QED) is 0.503. The first-order chi connectivity index (χ1) is 18.9. The van der Waals surface area contributed by atoms with E-state index < -0.39 is 21.2 Å². The van der Waals surface area contributed by atoms with E-state index in [1.165, 1.54) is 5.56 Å². The highest BCUT2D eigenvalue weighted by atomic mass is 32.2. The largest absolute Gasteiger partial charge is 0.487 e. The van der Waals surface area contributed by atoms with E-state index in [1.54, 1.807) is 18.2 Å². The van der Waals surface area contributed by atoms with Crippen molar-refractivity contribution in [3.05, 3.63) is 59.2 Å². The second-order valence-corrected chi connectivity index (χ2v) is 13.5. The third-order valence-electron chi connectivity index (χ3n) is 9.02. The van der Waals surface area contributed by atoms with Crippen LogP contribution in [0.25, 0.3) is 0 Å². The Hall–Kier alpha value is -2.58. The van der Waals surface area contributed by atoms with Gasteiger partial charge in [0.2, 0.25) is 10.0 Å². The molecule has 2 heterocycles. The number of carbonyl (C=O) groups is 1. The molecule has 0 radical (unpaired) electrons. The number of rotatable bonds is 1. The predicted molar refractivity (Wildman–Crippen MR) is 154 cm³/mol. The zero-order valence-electron chi connectivity index (χ0n) is 23.0. The summed E-state index contributed by atoms with van der Waals surface area (Å²) >= 11 is 0. The molecule has 1 aliphatic carbocycles. The van der Waals surface area contributed by atoms with Crippen molar-refractivity contribution in [1.82, 2.24) is 4.72 Å². The summed E-state index contributed by atoms with van der Waals surface area (Å²) in [6.45, 7) is 3.86. The molecule has 2 N–H and O–H groups in total. The van der Waals surface area contributed by atoms with Gasteiger partial charge in [-0.15, -0.1) is 0 Å². The van der Waals surface area contributed by atoms with Crippen molar-refractivity contribution in [3.8, 4) is 5.75 Å². The summed E-state index contributed by atoms with van der Waals surface area (Å²) in [5, 5.41) is 10.4. The average Bonchev–Trinajstić information content (AvgIpc) is 2.93. The molecule has 2 aromatic rings. The third-order valence-corrected chi connectivity index (χ3v) is 10.9. The first-order valence-corrected chi connectivity index (χ1v) is 16.2. The lowest BCUT2D eigenvalue weighted by molar-refractivity contribution is 0.00934. The van der Waals surface area contributed by atoms with Crippen LogP contribution in [0.15, 0.2) is 42.5 Å². The molecule has 7 nitrogen and oxygen atoms in total. The van der Waals surface area contributed by atoms with Gasteiger partial charge in [-0.2, -0.15) is 0 Å². The molecule has 5 rings (SSSR count). The standard InChI is InChI=1S/C31H42N2O5S/c1-2-26-12-5-6-13-29(34)27-16-14-24(27)20-33-18-8-7-10-22-9-3-4-11-25(22)21-38-30-17-15-23(19-28(30)33)31(35)32-39(26,36)37/h3-4,9,11,15,17,19,24,26-27,29,34H,2,5-8,10,12-14,16,18,20-21H2,1H3,(H,32,35)/t24-,26+,27+,29-/m0/s1. The first-order valence-electron chi connectivity index (χ1n) is 14.7. The summed E-state index contributed by atoms with van der Waals surface area (Å²) in [7, 11) is -3.82. The molecule has 0 aromatic heterocycles. The van der Waals surface area contributed by atoms with Crippen LogP contribution in [-0.4, -0.2) is 43.9 Å². The number of fused-ring (bicyclic) bond motifs is 3. The van der Waals surface area contributed by atoms with E-state index in [4.69, 9.17) is 4.74 Å². The number of carbonyl (C=O) groups excluding carboxylic acids is 1. The SMILES string of the molecule is CC[C@@H]1CCCC[C@H](O)[C@@H]2CC[C@H]2CN2CCCCc3ccccc3COc3ccc(cc32)C(=O)NS1(=O)=O. The molecule has 1 amide bonds. The molecule has 0 saturated heterocycles. The summed E-state index contributed by atoms with van der Waals surface area (Å²) in [5.41, 5.74) is 3.59. The molecular weight excluding hydrogens is 512 g/mol. The smallest absolute Gasteiger partial charge is 0.264 e. The van der Waals surface area contributed by atoms with E-state index in [-0.39, 0.29) is 12.0 Å². The fourth-order valence-electron chi connectivity index (χ4n) is 6.45. The molecule has 4 atom stereocenters. The summed E-state index contributed by atoms with van der Waals surface area (Å²) in [4.78, 5) is 15.6. The summed E-state index contributed by atoms with van der Waals surface area (Å²) in [6.07, 6.45) is 7.84. The predicted octanol–water partition coefficient (Wildman–Crippen LogP) is 5.21. The molecule has 2 aromatic carbocycles. The molecular formula is C31H42N2O5S. The Balaban J connectivity index is 1.52.